The molecule has 0 atom stereocenters. The molecule has 0 saturated heterocycles. The molecule has 0 aliphatic heterocycles. The Labute approximate surface area is 280 Å². The van der Waals surface area contributed by atoms with E-state index in [4.69, 9.17) is 4.42 Å². The number of fused-ring (bicyclic) bond motifs is 9. The van der Waals surface area contributed by atoms with Gasteiger partial charge in [-0.25, -0.2) is 0 Å². The third-order valence-electron chi connectivity index (χ3n) is 9.81. The first-order chi connectivity index (χ1) is 24.3. The second kappa shape index (κ2) is 10.2. The van der Waals surface area contributed by atoms with Gasteiger partial charge in [-0.3, -0.25) is 0 Å². The smallest absolute Gasteiger partial charge is 0.143 e. The molecule has 0 aliphatic carbocycles. The zero-order chi connectivity index (χ0) is 32.6. The van der Waals surface area contributed by atoms with Gasteiger partial charge < -0.3 is 13.6 Å². The summed E-state index contributed by atoms with van der Waals surface area (Å²) in [5.41, 5.74) is 8.85. The van der Waals surface area contributed by atoms with Crippen molar-refractivity contribution in [2.45, 2.75) is 0 Å². The van der Waals surface area contributed by atoms with Crippen LogP contribution in [0.15, 0.2) is 150 Å². The topological polar surface area (TPSA) is 70.6 Å². The number of furan rings is 1. The summed E-state index contributed by atoms with van der Waals surface area (Å²) in [4.78, 5) is 0. The van der Waals surface area contributed by atoms with Crippen LogP contribution in [-0.2, 0) is 0 Å². The lowest BCUT2D eigenvalue weighted by molar-refractivity contribution is 0.670. The summed E-state index contributed by atoms with van der Waals surface area (Å²) >= 11 is 0. The van der Waals surface area contributed by atoms with Crippen LogP contribution in [0.1, 0.15) is 11.1 Å². The molecule has 0 unspecified atom stereocenters. The lowest BCUT2D eigenvalue weighted by Gasteiger charge is -2.21. The molecule has 0 aliphatic rings. The number of hydrogen-bond acceptors (Lipinski definition) is 3. The molecule has 3 heterocycles. The first-order valence-electron chi connectivity index (χ1n) is 16.2. The quantitative estimate of drug-likeness (QED) is 0.196. The number of para-hydroxylation sites is 6. The Morgan fingerprint density at radius 1 is 0.469 bits per heavy atom. The second-order valence-corrected chi connectivity index (χ2v) is 12.3. The molecule has 226 valence electrons. The highest BCUT2D eigenvalue weighted by Crippen LogP contribution is 2.46. The van der Waals surface area contributed by atoms with Gasteiger partial charge in [0, 0.05) is 43.4 Å². The number of benzene rings is 7. The van der Waals surface area contributed by atoms with E-state index in [1.54, 1.807) is 0 Å². The molecule has 0 spiro atoms. The summed E-state index contributed by atoms with van der Waals surface area (Å²) in [5, 5.41) is 28.7. The highest BCUT2D eigenvalue weighted by Gasteiger charge is 2.28. The minimum atomic E-state index is 0.450. The van der Waals surface area contributed by atoms with Gasteiger partial charge in [0.15, 0.2) is 0 Å². The molecule has 0 fully saturated rings. The van der Waals surface area contributed by atoms with Crippen molar-refractivity contribution in [3.8, 4) is 34.6 Å². The summed E-state index contributed by atoms with van der Waals surface area (Å²) in [7, 11) is 0. The Kier molecular flexibility index (Phi) is 5.64. The first kappa shape index (κ1) is 27.1. The van der Waals surface area contributed by atoms with Crippen LogP contribution in [0.2, 0.25) is 0 Å². The van der Waals surface area contributed by atoms with Gasteiger partial charge in [0.05, 0.1) is 44.6 Å². The molecular weight excluding hydrogens is 601 g/mol. The fourth-order valence-corrected chi connectivity index (χ4v) is 7.82. The highest BCUT2D eigenvalue weighted by molar-refractivity contribution is 6.14. The molecule has 0 bridgehead atoms. The predicted molar refractivity (Wildman–Crippen MR) is 197 cm³/mol. The van der Waals surface area contributed by atoms with Crippen molar-refractivity contribution >= 4 is 65.6 Å². The fraction of sp³-hybridized carbons (Fsp3) is 0. The van der Waals surface area contributed by atoms with E-state index in [9.17, 15) is 10.5 Å². The van der Waals surface area contributed by atoms with Crippen LogP contribution >= 0.6 is 0 Å². The van der Waals surface area contributed by atoms with Crippen molar-refractivity contribution in [3.05, 3.63) is 157 Å². The maximum absolute atomic E-state index is 11.3. The maximum atomic E-state index is 11.3. The Hall–Kier alpha value is -7.08. The monoisotopic (exact) mass is 624 g/mol. The van der Waals surface area contributed by atoms with Crippen molar-refractivity contribution in [3.63, 3.8) is 0 Å². The number of hydrogen-bond donors (Lipinski definition) is 0. The molecule has 0 amide bonds. The minimum absolute atomic E-state index is 0.450. The molecule has 0 saturated carbocycles. The van der Waals surface area contributed by atoms with Crippen LogP contribution < -0.4 is 0 Å². The first-order valence-corrected chi connectivity index (χ1v) is 16.2. The van der Waals surface area contributed by atoms with Crippen LogP contribution in [-0.4, -0.2) is 9.13 Å². The minimum Gasteiger partial charge on any atom is -0.455 e. The SMILES string of the molecule is N#Cc1cc(-n2c3ccccc3c3ccccc32)c(C#N)c(-c2cccc3c2oc2ccccc23)c1-n1c2ccccc2c2ccccc21. The molecule has 7 aromatic carbocycles. The van der Waals surface area contributed by atoms with Crippen LogP contribution in [0.25, 0.3) is 88.1 Å². The van der Waals surface area contributed by atoms with Crippen molar-refractivity contribution in [2.75, 3.05) is 0 Å². The van der Waals surface area contributed by atoms with Crippen LogP contribution in [0.5, 0.6) is 0 Å². The van der Waals surface area contributed by atoms with Gasteiger partial charge in [0.1, 0.15) is 23.3 Å². The number of aromatic nitrogens is 2. The molecule has 0 radical (unpaired) electrons. The van der Waals surface area contributed by atoms with Gasteiger partial charge in [0.25, 0.3) is 0 Å². The average molecular weight is 625 g/mol. The van der Waals surface area contributed by atoms with E-state index in [1.165, 1.54) is 0 Å². The number of rotatable bonds is 3. The lowest BCUT2D eigenvalue weighted by Crippen LogP contribution is -2.08. The van der Waals surface area contributed by atoms with E-state index >= 15 is 0 Å². The summed E-state index contributed by atoms with van der Waals surface area (Å²) < 4.78 is 10.9. The summed E-state index contributed by atoms with van der Waals surface area (Å²) in [6, 6.07) is 54.1. The molecule has 10 aromatic rings. The van der Waals surface area contributed by atoms with Gasteiger partial charge in [-0.15, -0.1) is 0 Å². The molecule has 5 heteroatoms. The van der Waals surface area contributed by atoms with Crippen LogP contribution in [0.3, 0.4) is 0 Å². The number of nitriles is 2. The van der Waals surface area contributed by atoms with Crippen LogP contribution in [0.4, 0.5) is 0 Å². The van der Waals surface area contributed by atoms with Crippen molar-refractivity contribution in [1.29, 1.82) is 10.5 Å². The summed E-state index contributed by atoms with van der Waals surface area (Å²) in [5.74, 6) is 0. The fourth-order valence-electron chi connectivity index (χ4n) is 7.82. The van der Waals surface area contributed by atoms with Gasteiger partial charge in [-0.05, 0) is 36.4 Å². The Balaban J connectivity index is 1.45. The van der Waals surface area contributed by atoms with Crippen molar-refractivity contribution in [1.82, 2.24) is 9.13 Å². The molecule has 3 aromatic heterocycles. The van der Waals surface area contributed by atoms with E-state index in [2.05, 4.69) is 81.9 Å². The standard InChI is InChI=1S/C44H24N4O/c45-25-27-24-40(47-36-19-6-1-12-28(36)29-13-2-7-20-37(29)47)35(26-46)42(34-18-11-17-33-32-16-5-10-23-41(32)49-44(33)34)43(27)48-38-21-8-3-14-30(38)31-15-4-9-22-39(31)48/h1-24H. The van der Waals surface area contributed by atoms with Gasteiger partial charge in [0.2, 0.25) is 0 Å². The van der Waals surface area contributed by atoms with E-state index in [0.717, 1.165) is 65.5 Å². The number of nitrogens with zero attached hydrogens (tertiary/aromatic N) is 4. The van der Waals surface area contributed by atoms with E-state index in [1.807, 2.05) is 84.9 Å². The van der Waals surface area contributed by atoms with Crippen LogP contribution in [0, 0.1) is 22.7 Å². The maximum Gasteiger partial charge on any atom is 0.143 e. The molecule has 0 N–H and O–H groups in total. The van der Waals surface area contributed by atoms with Gasteiger partial charge in [-0.1, -0.05) is 109 Å². The molecule has 10 rings (SSSR count). The van der Waals surface area contributed by atoms with Gasteiger partial charge in [-0.2, -0.15) is 10.5 Å². The Morgan fingerprint density at radius 2 is 0.959 bits per heavy atom. The predicted octanol–water partition coefficient (Wildman–Crippen LogP) is 11.2. The third-order valence-corrected chi connectivity index (χ3v) is 9.81. The average Bonchev–Trinajstić information content (AvgIpc) is 3.82. The second-order valence-electron chi connectivity index (χ2n) is 12.3. The Morgan fingerprint density at radius 3 is 1.51 bits per heavy atom. The van der Waals surface area contributed by atoms with Crippen molar-refractivity contribution in [2.24, 2.45) is 0 Å². The van der Waals surface area contributed by atoms with Gasteiger partial charge >= 0.3 is 0 Å². The van der Waals surface area contributed by atoms with E-state index in [-0.39, 0.29) is 0 Å². The van der Waals surface area contributed by atoms with Crippen molar-refractivity contribution < 1.29 is 4.42 Å². The zero-order valence-electron chi connectivity index (χ0n) is 26.1. The third kappa shape index (κ3) is 3.67. The van der Waals surface area contributed by atoms with E-state index < -0.39 is 0 Å². The normalized spacial score (nSPS) is 11.6. The molecular formula is C44H24N4O. The zero-order valence-corrected chi connectivity index (χ0v) is 26.1. The molecule has 49 heavy (non-hydrogen) atoms. The largest absolute Gasteiger partial charge is 0.455 e. The summed E-state index contributed by atoms with van der Waals surface area (Å²) in [6.45, 7) is 0. The summed E-state index contributed by atoms with van der Waals surface area (Å²) in [6.07, 6.45) is 0. The molecule has 5 nitrogen and oxygen atoms in total. The Bertz CT molecular complexity index is 2980. The lowest BCUT2D eigenvalue weighted by atomic mass is 9.91. The van der Waals surface area contributed by atoms with E-state index in [0.29, 0.717) is 33.6 Å². The highest BCUT2D eigenvalue weighted by atomic mass is 16.3.